The quantitative estimate of drug-likeness (QED) is 0.814. The van der Waals surface area contributed by atoms with E-state index in [1.54, 1.807) is 0 Å². The first-order chi connectivity index (χ1) is 11.1. The summed E-state index contributed by atoms with van der Waals surface area (Å²) >= 11 is 3.42. The number of para-hydroxylation sites is 1. The molecule has 2 aromatic rings. The Balaban J connectivity index is 1.61. The van der Waals surface area contributed by atoms with Crippen molar-refractivity contribution < 1.29 is 9.53 Å². The molecular weight excluding hydrogens is 354 g/mol. The van der Waals surface area contributed by atoms with Gasteiger partial charge in [0.15, 0.2) is 6.61 Å². The fraction of sp³-hybridized carbons (Fsp3) is 0.316. The lowest BCUT2D eigenvalue weighted by molar-refractivity contribution is -0.124. The second kappa shape index (κ2) is 7.18. The smallest absolute Gasteiger partial charge is 0.258 e. The van der Waals surface area contributed by atoms with Crippen molar-refractivity contribution in [2.45, 2.75) is 25.8 Å². The minimum atomic E-state index is -0.0850. The van der Waals surface area contributed by atoms with Crippen LogP contribution in [0.5, 0.6) is 5.75 Å². The predicted molar refractivity (Wildman–Crippen MR) is 94.4 cm³/mol. The topological polar surface area (TPSA) is 38.3 Å². The van der Waals surface area contributed by atoms with Gasteiger partial charge in [0.05, 0.1) is 10.5 Å². The number of hydrogen-bond acceptors (Lipinski definition) is 2. The van der Waals surface area contributed by atoms with Crippen molar-refractivity contribution in [1.82, 2.24) is 5.32 Å². The highest BCUT2D eigenvalue weighted by Crippen LogP contribution is 2.41. The Hall–Kier alpha value is -1.81. The Labute approximate surface area is 145 Å². The van der Waals surface area contributed by atoms with Gasteiger partial charge in [0.1, 0.15) is 5.75 Å². The molecule has 1 N–H and O–H groups in total. The van der Waals surface area contributed by atoms with Crippen LogP contribution < -0.4 is 10.1 Å². The summed E-state index contributed by atoms with van der Waals surface area (Å²) in [6.45, 7) is 2.09. The number of ether oxygens (including phenoxy) is 1. The Morgan fingerprint density at radius 2 is 1.91 bits per heavy atom. The van der Waals surface area contributed by atoms with E-state index < -0.39 is 0 Å². The molecule has 1 fully saturated rings. The maximum Gasteiger partial charge on any atom is 0.258 e. The first-order valence-corrected chi connectivity index (χ1v) is 8.66. The minimum absolute atomic E-state index is 0.0255. The average Bonchev–Trinajstić information content (AvgIpc) is 3.38. The lowest BCUT2D eigenvalue weighted by atomic mass is 10.0. The predicted octanol–water partition coefficient (Wildman–Crippen LogP) is 4.40. The summed E-state index contributed by atoms with van der Waals surface area (Å²) < 4.78 is 6.45. The summed E-state index contributed by atoms with van der Waals surface area (Å²) in [5.41, 5.74) is 2.40. The zero-order chi connectivity index (χ0) is 16.2. The molecule has 0 bridgehead atoms. The molecular formula is C19H20BrNO2. The van der Waals surface area contributed by atoms with Crippen molar-refractivity contribution in [3.8, 4) is 5.75 Å². The van der Waals surface area contributed by atoms with E-state index in [9.17, 15) is 4.79 Å². The van der Waals surface area contributed by atoms with Crippen LogP contribution in [0.3, 0.4) is 0 Å². The van der Waals surface area contributed by atoms with E-state index in [4.69, 9.17) is 4.74 Å². The van der Waals surface area contributed by atoms with Gasteiger partial charge in [-0.05, 0) is 59.3 Å². The van der Waals surface area contributed by atoms with E-state index in [1.165, 1.54) is 24.0 Å². The van der Waals surface area contributed by atoms with Crippen molar-refractivity contribution in [2.24, 2.45) is 5.92 Å². The van der Waals surface area contributed by atoms with Gasteiger partial charge in [-0.2, -0.15) is 0 Å². The number of nitrogens with one attached hydrogen (secondary N) is 1. The minimum Gasteiger partial charge on any atom is -0.483 e. The molecule has 0 saturated heterocycles. The van der Waals surface area contributed by atoms with Crippen molar-refractivity contribution in [2.75, 3.05) is 6.61 Å². The summed E-state index contributed by atoms with van der Waals surface area (Å²) in [6.07, 6.45) is 2.34. The van der Waals surface area contributed by atoms with E-state index in [2.05, 4.69) is 52.4 Å². The third-order valence-electron chi connectivity index (χ3n) is 4.04. The van der Waals surface area contributed by atoms with E-state index in [-0.39, 0.29) is 18.6 Å². The largest absolute Gasteiger partial charge is 0.483 e. The maximum absolute atomic E-state index is 12.3. The molecule has 1 unspecified atom stereocenters. The van der Waals surface area contributed by atoms with Crippen molar-refractivity contribution in [3.63, 3.8) is 0 Å². The van der Waals surface area contributed by atoms with Crippen LogP contribution in [0.2, 0.25) is 0 Å². The molecule has 2 aromatic carbocycles. The fourth-order valence-corrected chi connectivity index (χ4v) is 3.00. The molecule has 3 nitrogen and oxygen atoms in total. The molecule has 1 atom stereocenters. The zero-order valence-corrected chi connectivity index (χ0v) is 14.7. The molecule has 0 spiro atoms. The number of aryl methyl sites for hydroxylation is 1. The van der Waals surface area contributed by atoms with Gasteiger partial charge in [-0.15, -0.1) is 0 Å². The van der Waals surface area contributed by atoms with Crippen LogP contribution in [0, 0.1) is 12.8 Å². The van der Waals surface area contributed by atoms with Gasteiger partial charge in [-0.3, -0.25) is 4.79 Å². The van der Waals surface area contributed by atoms with Crippen molar-refractivity contribution in [1.29, 1.82) is 0 Å². The summed E-state index contributed by atoms with van der Waals surface area (Å²) in [5, 5.41) is 3.13. The van der Waals surface area contributed by atoms with Gasteiger partial charge in [-0.1, -0.05) is 42.0 Å². The molecule has 0 radical (unpaired) electrons. The average molecular weight is 374 g/mol. The van der Waals surface area contributed by atoms with Gasteiger partial charge in [0, 0.05) is 0 Å². The van der Waals surface area contributed by atoms with Crippen LogP contribution in [0.15, 0.2) is 53.0 Å². The number of halogens is 1. The summed E-state index contributed by atoms with van der Waals surface area (Å²) in [7, 11) is 0. The lowest BCUT2D eigenvalue weighted by Crippen LogP contribution is -2.33. The first kappa shape index (κ1) is 16.1. The van der Waals surface area contributed by atoms with Gasteiger partial charge in [-0.25, -0.2) is 0 Å². The molecule has 0 aromatic heterocycles. The van der Waals surface area contributed by atoms with Crippen LogP contribution in [0.25, 0.3) is 0 Å². The molecule has 1 amide bonds. The fourth-order valence-electron chi connectivity index (χ4n) is 2.60. The normalized spacial score (nSPS) is 15.0. The van der Waals surface area contributed by atoms with E-state index >= 15 is 0 Å². The van der Waals surface area contributed by atoms with Crippen LogP contribution in [-0.4, -0.2) is 12.5 Å². The molecule has 23 heavy (non-hydrogen) atoms. The Bertz CT molecular complexity index is 680. The third-order valence-corrected chi connectivity index (χ3v) is 4.70. The highest BCUT2D eigenvalue weighted by atomic mass is 79.9. The summed E-state index contributed by atoms with van der Waals surface area (Å²) in [5.74, 6) is 1.14. The van der Waals surface area contributed by atoms with Gasteiger partial charge in [0.25, 0.3) is 5.91 Å². The zero-order valence-electron chi connectivity index (χ0n) is 13.1. The summed E-state index contributed by atoms with van der Waals surface area (Å²) in [4.78, 5) is 12.3. The number of hydrogen-bond donors (Lipinski definition) is 1. The molecule has 1 saturated carbocycles. The highest BCUT2D eigenvalue weighted by molar-refractivity contribution is 9.10. The van der Waals surface area contributed by atoms with Crippen LogP contribution >= 0.6 is 15.9 Å². The molecule has 1 aliphatic rings. The maximum atomic E-state index is 12.3. The van der Waals surface area contributed by atoms with Crippen LogP contribution in [-0.2, 0) is 4.79 Å². The standard InChI is InChI=1S/C19H20BrNO2/c1-13-6-8-14(9-7-13)19(15-10-11-15)21-18(22)12-23-17-5-3-2-4-16(17)20/h2-9,15,19H,10-12H2,1H3,(H,21,22). The molecule has 1 aliphatic carbocycles. The Morgan fingerprint density at radius 1 is 1.22 bits per heavy atom. The van der Waals surface area contributed by atoms with E-state index in [0.717, 1.165) is 4.47 Å². The second-order valence-electron chi connectivity index (χ2n) is 6.01. The Kier molecular flexibility index (Phi) is 5.01. The van der Waals surface area contributed by atoms with E-state index in [1.807, 2.05) is 24.3 Å². The van der Waals surface area contributed by atoms with Gasteiger partial charge < -0.3 is 10.1 Å². The first-order valence-electron chi connectivity index (χ1n) is 7.87. The lowest BCUT2D eigenvalue weighted by Gasteiger charge is -2.19. The second-order valence-corrected chi connectivity index (χ2v) is 6.87. The molecule has 4 heteroatoms. The number of amides is 1. The number of benzene rings is 2. The van der Waals surface area contributed by atoms with Gasteiger partial charge in [0.2, 0.25) is 0 Å². The van der Waals surface area contributed by atoms with Gasteiger partial charge >= 0.3 is 0 Å². The van der Waals surface area contributed by atoms with Crippen LogP contribution in [0.4, 0.5) is 0 Å². The summed E-state index contributed by atoms with van der Waals surface area (Å²) in [6, 6.07) is 16.0. The third kappa shape index (κ3) is 4.35. The van der Waals surface area contributed by atoms with Crippen molar-refractivity contribution >= 4 is 21.8 Å². The van der Waals surface area contributed by atoms with Crippen LogP contribution in [0.1, 0.15) is 30.0 Å². The highest BCUT2D eigenvalue weighted by Gasteiger charge is 2.33. The van der Waals surface area contributed by atoms with Crippen molar-refractivity contribution in [3.05, 3.63) is 64.1 Å². The molecule has 3 rings (SSSR count). The molecule has 0 heterocycles. The molecule has 0 aliphatic heterocycles. The van der Waals surface area contributed by atoms with E-state index in [0.29, 0.717) is 11.7 Å². The Morgan fingerprint density at radius 3 is 2.57 bits per heavy atom. The number of carbonyl (C=O) groups excluding carboxylic acids is 1. The number of rotatable bonds is 6. The SMILES string of the molecule is Cc1ccc(C(NC(=O)COc2ccccc2Br)C2CC2)cc1. The number of carbonyl (C=O) groups is 1. The molecule has 120 valence electrons. The monoisotopic (exact) mass is 373 g/mol.